The summed E-state index contributed by atoms with van der Waals surface area (Å²) in [4.78, 5) is 14.4. The van der Waals surface area contributed by atoms with Gasteiger partial charge in [-0.3, -0.25) is 4.79 Å². The Morgan fingerprint density at radius 2 is 1.23 bits per heavy atom. The molecule has 0 radical (unpaired) electrons. The van der Waals surface area contributed by atoms with Gasteiger partial charge in [-0.05, 0) is 121 Å². The fourth-order valence-corrected chi connectivity index (χ4v) is 8.16. The quantitative estimate of drug-likeness (QED) is 0.180. The molecule has 53 heavy (non-hydrogen) atoms. The molecule has 262 valence electrons. The third kappa shape index (κ3) is 7.74. The number of Topliss-reactive ketones (excluding diaryl/α,β-unsaturated/α-hetero) is 1. The lowest BCUT2D eigenvalue weighted by molar-refractivity contribution is -0.112. The number of hydrogen-bond donors (Lipinski definition) is 0. The van der Waals surface area contributed by atoms with Crippen LogP contribution in [0.5, 0.6) is 0 Å². The highest BCUT2D eigenvalue weighted by atomic mass is 16.5. The lowest BCUT2D eigenvalue weighted by Gasteiger charge is -2.29. The molecular weight excluding hydrogens is 645 g/mol. The topological polar surface area (TPSA) is 26.3 Å². The lowest BCUT2D eigenvalue weighted by Crippen LogP contribution is -2.15. The number of benzene rings is 4. The minimum atomic E-state index is 0.195. The van der Waals surface area contributed by atoms with E-state index in [4.69, 9.17) is 4.74 Å². The minimum absolute atomic E-state index is 0.195. The SMILES string of the molecule is C/C(=C\C(=C1\CCC/C(=C\C2=CC(=C\C3=C4OC(c5ccccc5)=CC(c5ccccc5)=C4CCC3)/CCC2)C1=O)c1ccccc1)c1ccccc1. The van der Waals surface area contributed by atoms with Gasteiger partial charge in [0.05, 0.1) is 0 Å². The van der Waals surface area contributed by atoms with Gasteiger partial charge in [0, 0.05) is 22.3 Å². The van der Waals surface area contributed by atoms with E-state index in [1.54, 1.807) is 0 Å². The molecule has 8 rings (SSSR count). The van der Waals surface area contributed by atoms with Crippen LogP contribution in [0, 0.1) is 0 Å². The summed E-state index contributed by atoms with van der Waals surface area (Å²) in [5.74, 6) is 2.11. The second-order valence-corrected chi connectivity index (χ2v) is 14.5. The van der Waals surface area contributed by atoms with Gasteiger partial charge < -0.3 is 4.74 Å². The van der Waals surface area contributed by atoms with Gasteiger partial charge in [0.1, 0.15) is 11.5 Å². The average Bonchev–Trinajstić information content (AvgIpc) is 3.22. The molecule has 4 aromatic rings. The van der Waals surface area contributed by atoms with Crippen molar-refractivity contribution in [2.75, 3.05) is 0 Å². The maximum absolute atomic E-state index is 14.4. The molecule has 3 aliphatic carbocycles. The van der Waals surface area contributed by atoms with Gasteiger partial charge in [-0.2, -0.15) is 0 Å². The highest BCUT2D eigenvalue weighted by molar-refractivity contribution is 6.15. The van der Waals surface area contributed by atoms with E-state index in [9.17, 15) is 4.79 Å². The second-order valence-electron chi connectivity index (χ2n) is 14.5. The number of allylic oxidation sites excluding steroid dienone is 14. The van der Waals surface area contributed by atoms with Crippen LogP contribution in [0.15, 0.2) is 191 Å². The summed E-state index contributed by atoms with van der Waals surface area (Å²) >= 11 is 0. The van der Waals surface area contributed by atoms with Crippen LogP contribution in [0.2, 0.25) is 0 Å². The smallest absolute Gasteiger partial charge is 0.185 e. The number of carbonyl (C=O) groups is 1. The van der Waals surface area contributed by atoms with E-state index < -0.39 is 0 Å². The Kier molecular flexibility index (Phi) is 10.3. The molecule has 0 N–H and O–H groups in total. The van der Waals surface area contributed by atoms with Crippen molar-refractivity contribution in [3.05, 3.63) is 213 Å². The predicted molar refractivity (Wildman–Crippen MR) is 220 cm³/mol. The van der Waals surface area contributed by atoms with Crippen molar-refractivity contribution >= 4 is 28.3 Å². The Bertz CT molecular complexity index is 2250. The third-order valence-electron chi connectivity index (χ3n) is 10.9. The van der Waals surface area contributed by atoms with Crippen LogP contribution in [0.25, 0.3) is 22.5 Å². The van der Waals surface area contributed by atoms with E-state index in [1.165, 1.54) is 39.0 Å². The summed E-state index contributed by atoms with van der Waals surface area (Å²) in [5.41, 5.74) is 15.0. The molecule has 0 amide bonds. The van der Waals surface area contributed by atoms with Gasteiger partial charge in [0.2, 0.25) is 0 Å². The highest BCUT2D eigenvalue weighted by Crippen LogP contribution is 2.44. The molecule has 1 heterocycles. The Hall–Kier alpha value is -5.73. The summed E-state index contributed by atoms with van der Waals surface area (Å²) in [7, 11) is 0. The summed E-state index contributed by atoms with van der Waals surface area (Å²) in [5, 5.41) is 0. The summed E-state index contributed by atoms with van der Waals surface area (Å²) in [6.07, 6.45) is 20.2. The first-order chi connectivity index (χ1) is 26.1. The molecule has 4 aromatic carbocycles. The van der Waals surface area contributed by atoms with Crippen LogP contribution >= 0.6 is 0 Å². The largest absolute Gasteiger partial charge is 0.456 e. The van der Waals surface area contributed by atoms with E-state index in [-0.39, 0.29) is 5.78 Å². The van der Waals surface area contributed by atoms with Crippen LogP contribution in [0.4, 0.5) is 0 Å². The molecular formula is C51H46O2. The zero-order valence-electron chi connectivity index (χ0n) is 30.6. The van der Waals surface area contributed by atoms with Crippen LogP contribution in [-0.4, -0.2) is 5.78 Å². The molecule has 0 saturated heterocycles. The van der Waals surface area contributed by atoms with Gasteiger partial charge >= 0.3 is 0 Å². The van der Waals surface area contributed by atoms with E-state index >= 15 is 0 Å². The number of ketones is 1. The van der Waals surface area contributed by atoms with Crippen LogP contribution in [0.1, 0.15) is 87.0 Å². The Morgan fingerprint density at radius 3 is 1.94 bits per heavy atom. The number of fused-ring (bicyclic) bond motifs is 1. The second kappa shape index (κ2) is 15.9. The Balaban J connectivity index is 1.14. The molecule has 0 bridgehead atoms. The van der Waals surface area contributed by atoms with Crippen molar-refractivity contribution in [1.82, 2.24) is 0 Å². The van der Waals surface area contributed by atoms with Crippen molar-refractivity contribution in [3.63, 3.8) is 0 Å². The molecule has 0 aromatic heterocycles. The van der Waals surface area contributed by atoms with Crippen molar-refractivity contribution < 1.29 is 9.53 Å². The van der Waals surface area contributed by atoms with E-state index in [0.29, 0.717) is 0 Å². The minimum Gasteiger partial charge on any atom is -0.456 e. The Morgan fingerprint density at radius 1 is 0.604 bits per heavy atom. The van der Waals surface area contributed by atoms with Crippen molar-refractivity contribution in [1.29, 1.82) is 0 Å². The molecule has 2 nitrogen and oxygen atoms in total. The van der Waals surface area contributed by atoms with E-state index in [1.807, 2.05) is 12.1 Å². The van der Waals surface area contributed by atoms with Crippen molar-refractivity contribution in [2.45, 2.75) is 64.7 Å². The van der Waals surface area contributed by atoms with Gasteiger partial charge in [0.15, 0.2) is 5.78 Å². The molecule has 1 fully saturated rings. The zero-order chi connectivity index (χ0) is 36.0. The third-order valence-corrected chi connectivity index (χ3v) is 10.9. The maximum Gasteiger partial charge on any atom is 0.185 e. The number of rotatable bonds is 7. The Labute approximate surface area is 314 Å². The fraction of sp³-hybridized carbons (Fsp3) is 0.196. The number of ether oxygens (including phenoxy) is 1. The fourth-order valence-electron chi connectivity index (χ4n) is 8.16. The number of hydrogen-bond acceptors (Lipinski definition) is 2. The first kappa shape index (κ1) is 34.4. The molecule has 4 aliphatic rings. The maximum atomic E-state index is 14.4. The summed E-state index contributed by atoms with van der Waals surface area (Å²) in [6.45, 7) is 2.14. The lowest BCUT2D eigenvalue weighted by atomic mass is 9.81. The first-order valence-corrected chi connectivity index (χ1v) is 19.3. The first-order valence-electron chi connectivity index (χ1n) is 19.3. The molecule has 1 aliphatic heterocycles. The van der Waals surface area contributed by atoms with Gasteiger partial charge in [-0.15, -0.1) is 0 Å². The zero-order valence-corrected chi connectivity index (χ0v) is 30.6. The molecule has 2 heteroatoms. The monoisotopic (exact) mass is 690 g/mol. The van der Waals surface area contributed by atoms with Gasteiger partial charge in [0.25, 0.3) is 0 Å². The van der Waals surface area contributed by atoms with Crippen LogP contribution in [-0.2, 0) is 9.53 Å². The number of carbonyl (C=O) groups excluding carboxylic acids is 1. The average molecular weight is 691 g/mol. The summed E-state index contributed by atoms with van der Waals surface area (Å²) < 4.78 is 6.82. The van der Waals surface area contributed by atoms with E-state index in [2.05, 4.69) is 146 Å². The molecule has 0 atom stereocenters. The van der Waals surface area contributed by atoms with Crippen molar-refractivity contribution in [2.24, 2.45) is 0 Å². The molecule has 0 spiro atoms. The summed E-state index contributed by atoms with van der Waals surface area (Å²) in [6, 6.07) is 42.0. The normalized spacial score (nSPS) is 20.5. The van der Waals surface area contributed by atoms with Gasteiger partial charge in [-0.25, -0.2) is 0 Å². The van der Waals surface area contributed by atoms with E-state index in [0.717, 1.165) is 103 Å². The van der Waals surface area contributed by atoms with Crippen LogP contribution in [0.3, 0.4) is 0 Å². The standard InChI is InChI=1S/C51H46O2/c1-36(39-19-6-2-7-20-39)31-47(40-21-8-3-9-22-40)45-29-15-27-43(50(45)52)33-37-17-14-18-38(32-37)34-44-28-16-30-46-48(41-23-10-4-11-24-41)35-49(53-51(44)46)42-25-12-5-13-26-42/h2-13,19-26,31-35H,14-18,27-30H2,1H3/b36-31+,38-34-,43-33+,47-45+. The van der Waals surface area contributed by atoms with Gasteiger partial charge in [-0.1, -0.05) is 146 Å². The highest BCUT2D eigenvalue weighted by Gasteiger charge is 2.28. The molecule has 1 saturated carbocycles. The van der Waals surface area contributed by atoms with Crippen LogP contribution < -0.4 is 0 Å². The van der Waals surface area contributed by atoms with Crippen molar-refractivity contribution in [3.8, 4) is 0 Å². The predicted octanol–water partition coefficient (Wildman–Crippen LogP) is 13.2. The molecule has 0 unspecified atom stereocenters.